The lowest BCUT2D eigenvalue weighted by molar-refractivity contribution is -0.678. The minimum absolute atomic E-state index is 0.0241. The van der Waals surface area contributed by atoms with Gasteiger partial charge in [0, 0.05) is 18.1 Å². The Morgan fingerprint density at radius 1 is 1.40 bits per heavy atom. The molecular formula is C12H20NO2+. The van der Waals surface area contributed by atoms with E-state index in [0.717, 1.165) is 23.2 Å². The molecule has 1 aromatic heterocycles. The van der Waals surface area contributed by atoms with Crippen LogP contribution in [0.25, 0.3) is 0 Å². The van der Waals surface area contributed by atoms with Crippen LogP contribution in [0.15, 0.2) is 6.20 Å². The summed E-state index contributed by atoms with van der Waals surface area (Å²) in [6.45, 7) is 6.05. The molecule has 1 heterocycles. The SMILES string of the molecule is Cc1c(O)c(CC(C)C)c(CO)c[n+]1C. The van der Waals surface area contributed by atoms with E-state index in [1.54, 1.807) is 0 Å². The van der Waals surface area contributed by atoms with Gasteiger partial charge in [-0.3, -0.25) is 0 Å². The third kappa shape index (κ3) is 2.48. The lowest BCUT2D eigenvalue weighted by atomic mass is 9.98. The second-order valence-corrected chi connectivity index (χ2v) is 4.43. The van der Waals surface area contributed by atoms with E-state index in [1.165, 1.54) is 0 Å². The van der Waals surface area contributed by atoms with E-state index in [4.69, 9.17) is 0 Å². The van der Waals surface area contributed by atoms with Crippen LogP contribution in [0.5, 0.6) is 5.75 Å². The molecule has 3 heteroatoms. The highest BCUT2D eigenvalue weighted by Gasteiger charge is 2.18. The van der Waals surface area contributed by atoms with E-state index >= 15 is 0 Å². The van der Waals surface area contributed by atoms with Gasteiger partial charge < -0.3 is 10.2 Å². The summed E-state index contributed by atoms with van der Waals surface area (Å²) in [4.78, 5) is 0. The van der Waals surface area contributed by atoms with E-state index in [-0.39, 0.29) is 6.61 Å². The fraction of sp³-hybridized carbons (Fsp3) is 0.583. The average molecular weight is 210 g/mol. The lowest BCUT2D eigenvalue weighted by Gasteiger charge is -2.12. The molecule has 0 saturated carbocycles. The second kappa shape index (κ2) is 4.62. The van der Waals surface area contributed by atoms with Gasteiger partial charge in [-0.2, -0.15) is 0 Å². The van der Waals surface area contributed by atoms with Crippen molar-refractivity contribution in [1.29, 1.82) is 0 Å². The number of aliphatic hydroxyl groups is 1. The maximum Gasteiger partial charge on any atom is 0.220 e. The zero-order valence-corrected chi connectivity index (χ0v) is 9.91. The summed E-state index contributed by atoms with van der Waals surface area (Å²) in [5.74, 6) is 0.783. The van der Waals surface area contributed by atoms with E-state index < -0.39 is 0 Å². The van der Waals surface area contributed by atoms with Crippen LogP contribution in [0.3, 0.4) is 0 Å². The predicted molar refractivity (Wildman–Crippen MR) is 58.5 cm³/mol. The number of aliphatic hydroxyl groups excluding tert-OH is 1. The van der Waals surface area contributed by atoms with E-state index in [0.29, 0.717) is 11.7 Å². The quantitative estimate of drug-likeness (QED) is 0.737. The first kappa shape index (κ1) is 12.0. The largest absolute Gasteiger partial charge is 0.502 e. The fourth-order valence-electron chi connectivity index (χ4n) is 1.72. The molecule has 1 rings (SSSR count). The fourth-order valence-corrected chi connectivity index (χ4v) is 1.72. The van der Waals surface area contributed by atoms with Gasteiger partial charge in [0.25, 0.3) is 0 Å². The minimum atomic E-state index is -0.0241. The Hall–Kier alpha value is -1.09. The maximum absolute atomic E-state index is 10.0. The van der Waals surface area contributed by atoms with Crippen molar-refractivity contribution in [2.75, 3.05) is 0 Å². The zero-order valence-electron chi connectivity index (χ0n) is 9.91. The molecule has 0 aromatic carbocycles. The molecule has 1 aromatic rings. The first-order valence-electron chi connectivity index (χ1n) is 5.28. The highest BCUT2D eigenvalue weighted by molar-refractivity contribution is 5.38. The molecule has 0 saturated heterocycles. The van der Waals surface area contributed by atoms with Gasteiger partial charge in [-0.25, -0.2) is 4.57 Å². The van der Waals surface area contributed by atoms with Crippen LogP contribution in [0, 0.1) is 12.8 Å². The van der Waals surface area contributed by atoms with Crippen molar-refractivity contribution < 1.29 is 14.8 Å². The summed E-state index contributed by atoms with van der Waals surface area (Å²) in [5.41, 5.74) is 2.53. The molecular weight excluding hydrogens is 190 g/mol. The van der Waals surface area contributed by atoms with Crippen molar-refractivity contribution in [2.45, 2.75) is 33.8 Å². The Morgan fingerprint density at radius 3 is 2.47 bits per heavy atom. The van der Waals surface area contributed by atoms with Gasteiger partial charge in [0.1, 0.15) is 7.05 Å². The van der Waals surface area contributed by atoms with Gasteiger partial charge in [0.15, 0.2) is 11.9 Å². The molecule has 0 aliphatic carbocycles. The molecule has 0 fully saturated rings. The Balaban J connectivity index is 3.27. The average Bonchev–Trinajstić information content (AvgIpc) is 2.18. The third-order valence-electron chi connectivity index (χ3n) is 2.68. The Kier molecular flexibility index (Phi) is 3.69. The maximum atomic E-state index is 10.0. The monoisotopic (exact) mass is 210 g/mol. The van der Waals surface area contributed by atoms with E-state index in [9.17, 15) is 10.2 Å². The number of aromatic nitrogens is 1. The van der Waals surface area contributed by atoms with Crippen molar-refractivity contribution >= 4 is 0 Å². The Morgan fingerprint density at radius 2 is 2.00 bits per heavy atom. The second-order valence-electron chi connectivity index (χ2n) is 4.43. The summed E-state index contributed by atoms with van der Waals surface area (Å²) in [6, 6.07) is 0. The van der Waals surface area contributed by atoms with Gasteiger partial charge in [0.2, 0.25) is 5.69 Å². The summed E-state index contributed by atoms with van der Waals surface area (Å²) < 4.78 is 1.84. The van der Waals surface area contributed by atoms with Crippen LogP contribution in [0.4, 0.5) is 0 Å². The number of aryl methyl sites for hydroxylation is 1. The molecule has 0 bridgehead atoms. The molecule has 0 amide bonds. The molecule has 3 nitrogen and oxygen atoms in total. The van der Waals surface area contributed by atoms with Crippen LogP contribution in [0.1, 0.15) is 30.7 Å². The van der Waals surface area contributed by atoms with Crippen molar-refractivity contribution in [3.63, 3.8) is 0 Å². The molecule has 0 atom stereocenters. The molecule has 0 aliphatic rings. The van der Waals surface area contributed by atoms with Crippen LogP contribution >= 0.6 is 0 Å². The van der Waals surface area contributed by atoms with Gasteiger partial charge in [-0.05, 0) is 12.3 Å². The summed E-state index contributed by atoms with van der Waals surface area (Å²) in [5, 5.41) is 19.3. The van der Waals surface area contributed by atoms with Gasteiger partial charge in [0.05, 0.1) is 6.61 Å². The summed E-state index contributed by atoms with van der Waals surface area (Å²) in [6.07, 6.45) is 2.68. The van der Waals surface area contributed by atoms with Crippen molar-refractivity contribution in [1.82, 2.24) is 0 Å². The topological polar surface area (TPSA) is 44.3 Å². The molecule has 0 aliphatic heterocycles. The smallest absolute Gasteiger partial charge is 0.220 e. The third-order valence-corrected chi connectivity index (χ3v) is 2.68. The van der Waals surface area contributed by atoms with Crippen molar-refractivity contribution in [3.8, 4) is 5.75 Å². The van der Waals surface area contributed by atoms with Gasteiger partial charge in [-0.15, -0.1) is 0 Å². The van der Waals surface area contributed by atoms with Crippen LogP contribution in [0.2, 0.25) is 0 Å². The molecule has 15 heavy (non-hydrogen) atoms. The van der Waals surface area contributed by atoms with Gasteiger partial charge >= 0.3 is 0 Å². The minimum Gasteiger partial charge on any atom is -0.502 e. The zero-order chi connectivity index (χ0) is 11.6. The number of nitrogens with zero attached hydrogens (tertiary/aromatic N) is 1. The summed E-state index contributed by atoms with van der Waals surface area (Å²) in [7, 11) is 1.87. The normalized spacial score (nSPS) is 11.1. The van der Waals surface area contributed by atoms with Gasteiger partial charge in [-0.1, -0.05) is 13.8 Å². The van der Waals surface area contributed by atoms with E-state index in [2.05, 4.69) is 13.8 Å². The van der Waals surface area contributed by atoms with Crippen molar-refractivity contribution in [2.24, 2.45) is 13.0 Å². The molecule has 2 N–H and O–H groups in total. The van der Waals surface area contributed by atoms with Crippen molar-refractivity contribution in [3.05, 3.63) is 23.0 Å². The number of rotatable bonds is 3. The van der Waals surface area contributed by atoms with Crippen LogP contribution in [-0.4, -0.2) is 10.2 Å². The Labute approximate surface area is 91.0 Å². The highest BCUT2D eigenvalue weighted by Crippen LogP contribution is 2.25. The van der Waals surface area contributed by atoms with Crippen LogP contribution < -0.4 is 4.57 Å². The Bertz CT molecular complexity index is 359. The first-order valence-corrected chi connectivity index (χ1v) is 5.28. The number of pyridine rings is 1. The first-order chi connectivity index (χ1) is 6.97. The standard InChI is InChI=1S/C12H19NO2/c1-8(2)5-11-10(7-14)6-13(4)9(3)12(11)15/h6,8,14H,5,7H2,1-4H3/p+1. The lowest BCUT2D eigenvalue weighted by Crippen LogP contribution is -2.33. The number of aromatic hydroxyl groups is 1. The summed E-state index contributed by atoms with van der Waals surface area (Å²) >= 11 is 0. The molecule has 0 radical (unpaired) electrons. The number of hydrogen-bond donors (Lipinski definition) is 2. The molecule has 0 spiro atoms. The van der Waals surface area contributed by atoms with Crippen LogP contribution in [-0.2, 0) is 20.1 Å². The molecule has 84 valence electrons. The molecule has 0 unspecified atom stereocenters. The van der Waals surface area contributed by atoms with E-state index in [1.807, 2.05) is 24.7 Å². The number of hydrogen-bond acceptors (Lipinski definition) is 2. The predicted octanol–water partition coefficient (Wildman–Crippen LogP) is 1.22. The highest BCUT2D eigenvalue weighted by atomic mass is 16.3.